The van der Waals surface area contributed by atoms with Crippen molar-refractivity contribution in [1.29, 1.82) is 0 Å². The van der Waals surface area contributed by atoms with Crippen LogP contribution < -0.4 is 20.7 Å². The molecule has 1 saturated heterocycles. The largest absolute Gasteiger partial charge is 0.472 e. The third-order valence-corrected chi connectivity index (χ3v) is 8.56. The second-order valence-electron chi connectivity index (χ2n) is 11.7. The lowest BCUT2D eigenvalue weighted by molar-refractivity contribution is -0.150. The number of anilines is 1. The molecular weight excluding hydrogens is 704 g/mol. The van der Waals surface area contributed by atoms with Gasteiger partial charge in [-0.2, -0.15) is 0 Å². The van der Waals surface area contributed by atoms with Crippen LogP contribution in [0.4, 0.5) is 5.69 Å². The Morgan fingerprint density at radius 1 is 0.980 bits per heavy atom. The highest BCUT2D eigenvalue weighted by Gasteiger charge is 2.45. The summed E-state index contributed by atoms with van der Waals surface area (Å²) < 4.78 is 13.4. The van der Waals surface area contributed by atoms with Crippen molar-refractivity contribution >= 4 is 56.2 Å². The molecule has 254 valence electrons. The average Bonchev–Trinajstić information content (AvgIpc) is 3.80. The van der Waals surface area contributed by atoms with Crippen LogP contribution >= 0.6 is 15.9 Å². The summed E-state index contributed by atoms with van der Waals surface area (Å²) in [7, 11) is 1.61. The third-order valence-electron chi connectivity index (χ3n) is 8.20. The highest BCUT2D eigenvalue weighted by Crippen LogP contribution is 2.40. The van der Waals surface area contributed by atoms with Gasteiger partial charge in [0.15, 0.2) is 5.60 Å². The number of halogens is 1. The van der Waals surface area contributed by atoms with Crippen LogP contribution in [0.2, 0.25) is 0 Å². The molecule has 1 unspecified atom stereocenters. The minimum atomic E-state index is -1.10. The third kappa shape index (κ3) is 7.37. The van der Waals surface area contributed by atoms with Gasteiger partial charge in [0.1, 0.15) is 18.0 Å². The predicted octanol–water partition coefficient (Wildman–Crippen LogP) is 5.35. The van der Waals surface area contributed by atoms with Gasteiger partial charge in [-0.25, -0.2) is 4.79 Å². The van der Waals surface area contributed by atoms with Gasteiger partial charge in [0.25, 0.3) is 17.7 Å². The van der Waals surface area contributed by atoms with Crippen molar-refractivity contribution in [2.45, 2.75) is 12.0 Å². The van der Waals surface area contributed by atoms with Crippen LogP contribution in [0.25, 0.3) is 22.0 Å². The van der Waals surface area contributed by atoms with Crippen LogP contribution in [0.15, 0.2) is 108 Å². The van der Waals surface area contributed by atoms with E-state index < -0.39 is 17.5 Å². The van der Waals surface area contributed by atoms with E-state index in [4.69, 9.17) is 9.47 Å². The molecule has 5 aromatic rings. The minimum absolute atomic E-state index is 0.0388. The molecule has 1 aliphatic heterocycles. The molecule has 1 atom stereocenters. The molecule has 1 aliphatic rings. The molecule has 2 aromatic heterocycles. The molecule has 1 fully saturated rings. The number of fused-ring (bicyclic) bond motifs is 1. The van der Waals surface area contributed by atoms with E-state index in [1.807, 2.05) is 54.6 Å². The fraction of sp³-hybridized carbons (Fsp3) is 0.162. The first-order valence-electron chi connectivity index (χ1n) is 15.6. The maximum Gasteiger partial charge on any atom is 0.334 e. The van der Waals surface area contributed by atoms with Crippen LogP contribution in [0, 0.1) is 0 Å². The van der Waals surface area contributed by atoms with Gasteiger partial charge in [-0.15, -0.1) is 5.10 Å². The van der Waals surface area contributed by atoms with Crippen molar-refractivity contribution in [2.24, 2.45) is 7.05 Å². The maximum absolute atomic E-state index is 13.0. The number of carbonyl (C=O) groups excluding carboxylic acids is 4. The fourth-order valence-electron chi connectivity index (χ4n) is 5.61. The van der Waals surface area contributed by atoms with Crippen LogP contribution in [0.5, 0.6) is 5.88 Å². The number of hydrogen-bond acceptors (Lipinski definition) is 7. The van der Waals surface area contributed by atoms with Gasteiger partial charge < -0.3 is 30.4 Å². The zero-order valence-electron chi connectivity index (χ0n) is 27.0. The van der Waals surface area contributed by atoms with Crippen LogP contribution in [-0.2, 0) is 27.0 Å². The number of amides is 3. The quantitative estimate of drug-likeness (QED) is 0.0764. The number of ether oxygens (including phenoxy) is 2. The summed E-state index contributed by atoms with van der Waals surface area (Å²) >= 11 is 3.05. The Kier molecular flexibility index (Phi) is 9.68. The van der Waals surface area contributed by atoms with Crippen LogP contribution in [0.1, 0.15) is 33.0 Å². The Bertz CT molecular complexity index is 2120. The van der Waals surface area contributed by atoms with Crippen LogP contribution in [-0.4, -0.2) is 58.2 Å². The molecule has 50 heavy (non-hydrogen) atoms. The summed E-state index contributed by atoms with van der Waals surface area (Å²) in [6.45, 7) is 7.69. The summed E-state index contributed by atoms with van der Waals surface area (Å²) in [5.74, 6) is -1.45. The Balaban J connectivity index is 1.03. The summed E-state index contributed by atoms with van der Waals surface area (Å²) in [6.07, 6.45) is 0.244. The highest BCUT2D eigenvalue weighted by molar-refractivity contribution is 9.12. The number of H-pyrrole nitrogens is 1. The predicted molar refractivity (Wildman–Crippen MR) is 192 cm³/mol. The number of aryl methyl sites for hydroxylation is 1. The topological polar surface area (TPSA) is 156 Å². The number of benzene rings is 3. The lowest BCUT2D eigenvalue weighted by Crippen LogP contribution is -2.35. The number of nitrogens with zero attached hydrogens (tertiary/aromatic N) is 2. The smallest absolute Gasteiger partial charge is 0.334 e. The molecule has 3 amide bonds. The van der Waals surface area contributed by atoms with E-state index in [2.05, 4.69) is 55.1 Å². The second-order valence-corrected chi connectivity index (χ2v) is 12.7. The zero-order valence-corrected chi connectivity index (χ0v) is 28.6. The Labute approximate surface area is 295 Å². The molecule has 0 spiro atoms. The van der Waals surface area contributed by atoms with Crippen molar-refractivity contribution in [3.63, 3.8) is 0 Å². The molecule has 6 rings (SSSR count). The number of esters is 1. The number of aromatic amines is 1. The first-order chi connectivity index (χ1) is 24.0. The molecule has 0 bridgehead atoms. The normalized spacial score (nSPS) is 15.4. The molecule has 12 nitrogen and oxygen atoms in total. The molecule has 0 saturated carbocycles. The van der Waals surface area contributed by atoms with E-state index in [1.54, 1.807) is 31.3 Å². The molecule has 0 aliphatic carbocycles. The first-order valence-corrected chi connectivity index (χ1v) is 16.4. The van der Waals surface area contributed by atoms with Gasteiger partial charge in [0.2, 0.25) is 5.88 Å². The molecule has 0 radical (unpaired) electrons. The number of hydrogen-bond donors (Lipinski definition) is 4. The lowest BCUT2D eigenvalue weighted by atomic mass is 9.89. The molecule has 3 aromatic carbocycles. The highest BCUT2D eigenvalue weighted by atomic mass is 79.9. The van der Waals surface area contributed by atoms with E-state index >= 15 is 0 Å². The van der Waals surface area contributed by atoms with Crippen molar-refractivity contribution < 1.29 is 28.7 Å². The Morgan fingerprint density at radius 2 is 1.68 bits per heavy atom. The van der Waals surface area contributed by atoms with Crippen molar-refractivity contribution in [1.82, 2.24) is 25.4 Å². The summed E-state index contributed by atoms with van der Waals surface area (Å²) in [4.78, 5) is 53.1. The van der Waals surface area contributed by atoms with E-state index in [0.29, 0.717) is 17.0 Å². The van der Waals surface area contributed by atoms with Gasteiger partial charge >= 0.3 is 5.97 Å². The number of carbonyl (C=O) groups is 4. The van der Waals surface area contributed by atoms with Gasteiger partial charge in [0, 0.05) is 54.8 Å². The standard InChI is InChI=1S/C37H33BrN6O6/c1-22-20-37(50-36(22)48,27-11-9-25(10-12-27)24-7-5-4-6-8-24)21-49-32-19-31(44(3)43-32)35(47)40-16-15-39-34(46)30-18-26-17-28(13-14-29(26)42-30)41-33(45)23(2)38/h4-14,17-19,42H,1-2,15-16,20-21H2,3H3,(H,39,46)(H,40,47)(H,41,45). The Hall–Kier alpha value is -5.95. The first kappa shape index (κ1) is 33.9. The number of rotatable bonds is 12. The second kappa shape index (κ2) is 14.3. The summed E-state index contributed by atoms with van der Waals surface area (Å²) in [5, 5.41) is 13.3. The average molecular weight is 738 g/mol. The zero-order chi connectivity index (χ0) is 35.4. The molecule has 3 heterocycles. The maximum atomic E-state index is 13.0. The number of cyclic esters (lactones) is 1. The summed E-state index contributed by atoms with van der Waals surface area (Å²) in [6, 6.07) is 26.1. The Morgan fingerprint density at radius 3 is 2.36 bits per heavy atom. The van der Waals surface area contributed by atoms with Crippen LogP contribution in [0.3, 0.4) is 0 Å². The van der Waals surface area contributed by atoms with Crippen molar-refractivity contribution in [2.75, 3.05) is 25.0 Å². The van der Waals surface area contributed by atoms with Gasteiger partial charge in [-0.05, 0) is 56.9 Å². The van der Waals surface area contributed by atoms with Gasteiger partial charge in [-0.3, -0.25) is 19.1 Å². The lowest BCUT2D eigenvalue weighted by Gasteiger charge is -2.27. The van der Waals surface area contributed by atoms with Gasteiger partial charge in [0.05, 0.1) is 4.48 Å². The van der Waals surface area contributed by atoms with E-state index in [0.717, 1.165) is 27.6 Å². The monoisotopic (exact) mass is 736 g/mol. The van der Waals surface area contributed by atoms with E-state index in [9.17, 15) is 19.2 Å². The molecular formula is C37H33BrN6O6. The SMILES string of the molecule is C=C(Br)C(=O)Nc1ccc2[nH]c(C(=O)NCCNC(=O)c3cc(OCC4(c5ccc(-c6ccccc6)cc5)CC(=C)C(=O)O4)nn3C)cc2c1. The fourth-order valence-corrected chi connectivity index (χ4v) is 5.71. The minimum Gasteiger partial charge on any atom is -0.472 e. The summed E-state index contributed by atoms with van der Waals surface area (Å²) in [5.41, 5.74) is 3.92. The van der Waals surface area contributed by atoms with E-state index in [-0.39, 0.29) is 54.0 Å². The number of nitrogens with one attached hydrogen (secondary N) is 4. The van der Waals surface area contributed by atoms with Crippen molar-refractivity contribution in [3.8, 4) is 17.0 Å². The van der Waals surface area contributed by atoms with E-state index in [1.165, 1.54) is 10.7 Å². The van der Waals surface area contributed by atoms with Gasteiger partial charge in [-0.1, -0.05) is 67.8 Å². The molecule has 4 N–H and O–H groups in total. The number of aromatic nitrogens is 3. The molecule has 13 heteroatoms. The van der Waals surface area contributed by atoms with Crippen molar-refractivity contribution in [3.05, 3.63) is 125 Å².